The van der Waals surface area contributed by atoms with Gasteiger partial charge in [0.15, 0.2) is 4.96 Å². The number of hydrogen-bond acceptors (Lipinski definition) is 4. The van der Waals surface area contributed by atoms with Crippen LogP contribution in [0.1, 0.15) is 12.0 Å². The highest BCUT2D eigenvalue weighted by Gasteiger charge is 2.34. The lowest BCUT2D eigenvalue weighted by Crippen LogP contribution is -2.30. The van der Waals surface area contributed by atoms with Gasteiger partial charge >= 0.3 is 0 Å². The molecule has 5 rings (SSSR count). The summed E-state index contributed by atoms with van der Waals surface area (Å²) in [5.41, 5.74) is 2.45. The molecule has 0 spiro atoms. The first-order valence-corrected chi connectivity index (χ1v) is 11.3. The van der Waals surface area contributed by atoms with E-state index in [9.17, 15) is 14.0 Å². The third-order valence-corrected chi connectivity index (χ3v) is 6.48. The molecular weight excluding hydrogens is 427 g/mol. The van der Waals surface area contributed by atoms with Crippen LogP contribution in [0.3, 0.4) is 0 Å². The van der Waals surface area contributed by atoms with Crippen LogP contribution in [0.25, 0.3) is 16.2 Å². The van der Waals surface area contributed by atoms with E-state index in [4.69, 9.17) is 0 Å². The SMILES string of the molecule is O=C(Nc1c(-c2ccc(F)cc2)nc2sccn12)C1CC(=O)N(CCc2ccccc2)C1. The minimum Gasteiger partial charge on any atom is -0.342 e. The van der Waals surface area contributed by atoms with Crippen LogP contribution in [0.5, 0.6) is 0 Å². The molecule has 2 amide bonds. The van der Waals surface area contributed by atoms with Gasteiger partial charge in [0.05, 0.1) is 5.92 Å². The summed E-state index contributed by atoms with van der Waals surface area (Å²) >= 11 is 1.45. The van der Waals surface area contributed by atoms with Crippen LogP contribution in [0.4, 0.5) is 10.2 Å². The first-order chi connectivity index (χ1) is 15.6. The molecule has 1 fully saturated rings. The van der Waals surface area contributed by atoms with E-state index in [1.807, 2.05) is 46.3 Å². The van der Waals surface area contributed by atoms with E-state index < -0.39 is 5.92 Å². The lowest BCUT2D eigenvalue weighted by molar-refractivity contribution is -0.128. The predicted molar refractivity (Wildman–Crippen MR) is 122 cm³/mol. The standard InChI is InChI=1S/C24H21FN4O2S/c25-19-8-6-17(7-9-19)21-22(29-12-13-32-24(29)26-21)27-23(31)18-14-20(30)28(15-18)11-10-16-4-2-1-3-5-16/h1-9,12-13,18H,10-11,14-15H2,(H,27,31). The monoisotopic (exact) mass is 448 g/mol. The Balaban J connectivity index is 1.32. The number of hydrogen-bond donors (Lipinski definition) is 1. The molecule has 162 valence electrons. The summed E-state index contributed by atoms with van der Waals surface area (Å²) < 4.78 is 15.2. The number of aromatic nitrogens is 2. The number of carbonyl (C=O) groups excluding carboxylic acids is 2. The normalized spacial score (nSPS) is 16.1. The van der Waals surface area contributed by atoms with Crippen LogP contribution in [0, 0.1) is 11.7 Å². The maximum Gasteiger partial charge on any atom is 0.230 e. The second-order valence-corrected chi connectivity index (χ2v) is 8.71. The fraction of sp³-hybridized carbons (Fsp3) is 0.208. The Kier molecular flexibility index (Phi) is 5.45. The van der Waals surface area contributed by atoms with Gasteiger partial charge in [-0.2, -0.15) is 0 Å². The van der Waals surface area contributed by atoms with Crippen LogP contribution in [0.15, 0.2) is 66.2 Å². The zero-order valence-corrected chi connectivity index (χ0v) is 18.0. The number of imidazole rings is 1. The summed E-state index contributed by atoms with van der Waals surface area (Å²) in [6.45, 7) is 0.990. The van der Waals surface area contributed by atoms with Gasteiger partial charge in [-0.1, -0.05) is 30.3 Å². The summed E-state index contributed by atoms with van der Waals surface area (Å²) in [4.78, 5) is 32.7. The van der Waals surface area contributed by atoms with Gasteiger partial charge < -0.3 is 10.2 Å². The molecule has 0 saturated carbocycles. The van der Waals surface area contributed by atoms with Crippen LogP contribution in [-0.4, -0.2) is 39.2 Å². The van der Waals surface area contributed by atoms with E-state index >= 15 is 0 Å². The molecule has 8 heteroatoms. The third-order valence-electron chi connectivity index (χ3n) is 5.72. The molecule has 1 aliphatic heterocycles. The van der Waals surface area contributed by atoms with E-state index in [1.165, 1.54) is 23.5 Å². The lowest BCUT2D eigenvalue weighted by Gasteiger charge is -2.16. The highest BCUT2D eigenvalue weighted by atomic mass is 32.1. The van der Waals surface area contributed by atoms with E-state index in [1.54, 1.807) is 17.0 Å². The molecule has 2 aromatic heterocycles. The number of halogens is 1. The average molecular weight is 449 g/mol. The number of thiazole rings is 1. The topological polar surface area (TPSA) is 66.7 Å². The van der Waals surface area contributed by atoms with Crippen LogP contribution >= 0.6 is 11.3 Å². The third kappa shape index (κ3) is 4.01. The van der Waals surface area contributed by atoms with E-state index in [-0.39, 0.29) is 24.1 Å². The first-order valence-electron chi connectivity index (χ1n) is 10.4. The van der Waals surface area contributed by atoms with Crippen molar-refractivity contribution in [3.63, 3.8) is 0 Å². The molecule has 1 N–H and O–H groups in total. The summed E-state index contributed by atoms with van der Waals surface area (Å²) in [6.07, 6.45) is 2.79. The van der Waals surface area contributed by atoms with E-state index in [0.717, 1.165) is 16.9 Å². The number of likely N-dealkylation sites (tertiary alicyclic amines) is 1. The minimum atomic E-state index is -0.427. The number of benzene rings is 2. The van der Waals surface area contributed by atoms with E-state index in [0.29, 0.717) is 30.2 Å². The van der Waals surface area contributed by atoms with Crippen LogP contribution in [-0.2, 0) is 16.0 Å². The van der Waals surface area contributed by atoms with Crippen molar-refractivity contribution in [3.05, 3.63) is 77.6 Å². The van der Waals surface area contributed by atoms with Crippen LogP contribution < -0.4 is 5.32 Å². The smallest absolute Gasteiger partial charge is 0.230 e. The molecule has 2 aromatic carbocycles. The van der Waals surface area contributed by atoms with Gasteiger partial charge in [-0.25, -0.2) is 9.37 Å². The number of fused-ring (bicyclic) bond motifs is 1. The molecule has 3 heterocycles. The highest BCUT2D eigenvalue weighted by molar-refractivity contribution is 7.15. The maximum absolute atomic E-state index is 13.4. The lowest BCUT2D eigenvalue weighted by atomic mass is 10.1. The predicted octanol–water partition coefficient (Wildman–Crippen LogP) is 4.23. The highest BCUT2D eigenvalue weighted by Crippen LogP contribution is 2.32. The number of rotatable bonds is 6. The molecule has 6 nitrogen and oxygen atoms in total. The summed E-state index contributed by atoms with van der Waals surface area (Å²) in [5.74, 6) is -0.442. The van der Waals surface area contributed by atoms with Gasteiger partial charge in [-0.15, -0.1) is 11.3 Å². The summed E-state index contributed by atoms with van der Waals surface area (Å²) in [5, 5.41) is 4.87. The minimum absolute atomic E-state index is 0.00574. The number of carbonyl (C=O) groups is 2. The molecule has 32 heavy (non-hydrogen) atoms. The second kappa shape index (κ2) is 8.55. The Bertz CT molecular complexity index is 1270. The van der Waals surface area contributed by atoms with Crippen molar-refractivity contribution in [2.24, 2.45) is 5.92 Å². The Morgan fingerprint density at radius 2 is 1.94 bits per heavy atom. The van der Waals surface area contributed by atoms with Gasteiger partial charge in [0.25, 0.3) is 0 Å². The van der Waals surface area contributed by atoms with Gasteiger partial charge in [0.2, 0.25) is 11.8 Å². The Morgan fingerprint density at radius 1 is 1.16 bits per heavy atom. The van der Waals surface area contributed by atoms with Gasteiger partial charge in [0.1, 0.15) is 17.3 Å². The van der Waals surface area contributed by atoms with Gasteiger partial charge in [-0.05, 0) is 36.2 Å². The maximum atomic E-state index is 13.4. The Labute approximate surface area is 188 Å². The first kappa shape index (κ1) is 20.4. The van der Waals surface area contributed by atoms with Crippen LogP contribution in [0.2, 0.25) is 0 Å². The number of nitrogens with one attached hydrogen (secondary N) is 1. The molecular formula is C24H21FN4O2S. The van der Waals surface area contributed by atoms with Crippen molar-refractivity contribution >= 4 is 33.9 Å². The number of nitrogens with zero attached hydrogens (tertiary/aromatic N) is 3. The molecule has 1 saturated heterocycles. The van der Waals surface area contributed by atoms with Crippen molar-refractivity contribution < 1.29 is 14.0 Å². The molecule has 1 atom stereocenters. The quantitative estimate of drug-likeness (QED) is 0.480. The van der Waals surface area contributed by atoms with Crippen molar-refractivity contribution in [1.29, 1.82) is 0 Å². The largest absolute Gasteiger partial charge is 0.342 e. The van der Waals surface area contributed by atoms with E-state index in [2.05, 4.69) is 10.3 Å². The average Bonchev–Trinajstić information content (AvgIpc) is 3.50. The number of amides is 2. The Hall–Kier alpha value is -3.52. The molecule has 0 radical (unpaired) electrons. The zero-order chi connectivity index (χ0) is 22.1. The van der Waals surface area contributed by atoms with Crippen molar-refractivity contribution in [3.8, 4) is 11.3 Å². The Morgan fingerprint density at radius 3 is 2.72 bits per heavy atom. The zero-order valence-electron chi connectivity index (χ0n) is 17.2. The second-order valence-electron chi connectivity index (χ2n) is 7.84. The molecule has 0 bridgehead atoms. The van der Waals surface area contributed by atoms with Crippen molar-refractivity contribution in [2.75, 3.05) is 18.4 Å². The molecule has 1 aliphatic rings. The fourth-order valence-electron chi connectivity index (χ4n) is 4.01. The molecule has 4 aromatic rings. The fourth-order valence-corrected chi connectivity index (χ4v) is 4.72. The van der Waals surface area contributed by atoms with Gasteiger partial charge in [0, 0.05) is 36.7 Å². The molecule has 0 aliphatic carbocycles. The number of anilines is 1. The summed E-state index contributed by atoms with van der Waals surface area (Å²) in [7, 11) is 0. The summed E-state index contributed by atoms with van der Waals surface area (Å²) in [6, 6.07) is 16.0. The van der Waals surface area contributed by atoms with Crippen molar-refractivity contribution in [2.45, 2.75) is 12.8 Å². The van der Waals surface area contributed by atoms with Gasteiger partial charge in [-0.3, -0.25) is 14.0 Å². The van der Waals surface area contributed by atoms with Crippen molar-refractivity contribution in [1.82, 2.24) is 14.3 Å². The molecule has 1 unspecified atom stereocenters.